The van der Waals surface area contributed by atoms with Crippen molar-refractivity contribution in [2.75, 3.05) is 33.4 Å². The number of rotatable bonds is 7. The largest absolute Gasteiger partial charge is 0.381 e. The van der Waals surface area contributed by atoms with Crippen LogP contribution in [0.25, 0.3) is 0 Å². The molecule has 3 heteroatoms. The summed E-state index contributed by atoms with van der Waals surface area (Å²) in [5, 5.41) is 3.71. The van der Waals surface area contributed by atoms with Gasteiger partial charge in [-0.3, -0.25) is 0 Å². The van der Waals surface area contributed by atoms with Gasteiger partial charge in [0.2, 0.25) is 0 Å². The first-order chi connectivity index (χ1) is 10.2. The van der Waals surface area contributed by atoms with E-state index in [4.69, 9.17) is 4.74 Å². The molecular weight excluding hydrogens is 260 g/mol. The van der Waals surface area contributed by atoms with Gasteiger partial charge in [-0.1, -0.05) is 29.8 Å². The molecule has 21 heavy (non-hydrogen) atoms. The Balaban J connectivity index is 1.55. The Bertz CT molecular complexity index is 447. The Morgan fingerprint density at radius 3 is 2.67 bits per heavy atom. The van der Waals surface area contributed by atoms with Crippen LogP contribution in [0, 0.1) is 12.3 Å². The van der Waals surface area contributed by atoms with E-state index in [0.717, 1.165) is 38.9 Å². The van der Waals surface area contributed by atoms with E-state index in [9.17, 15) is 0 Å². The van der Waals surface area contributed by atoms with Crippen molar-refractivity contribution in [1.82, 2.24) is 10.2 Å². The quantitative estimate of drug-likeness (QED) is 0.834. The first kappa shape index (κ1) is 15.0. The predicted molar refractivity (Wildman–Crippen MR) is 86.4 cm³/mol. The summed E-state index contributed by atoms with van der Waals surface area (Å²) in [5.41, 5.74) is 3.03. The Morgan fingerprint density at radius 1 is 1.29 bits per heavy atom. The normalized spacial score (nSPS) is 25.7. The zero-order valence-corrected chi connectivity index (χ0v) is 13.4. The highest BCUT2D eigenvalue weighted by Gasteiger charge is 2.37. The molecule has 116 valence electrons. The number of ether oxygens (including phenoxy) is 1. The highest BCUT2D eigenvalue weighted by atomic mass is 16.5. The van der Waals surface area contributed by atoms with E-state index in [0.29, 0.717) is 5.41 Å². The molecule has 1 aromatic rings. The van der Waals surface area contributed by atoms with Gasteiger partial charge in [0, 0.05) is 37.7 Å². The van der Waals surface area contributed by atoms with Crippen molar-refractivity contribution in [2.24, 2.45) is 5.41 Å². The third-order valence-corrected chi connectivity index (χ3v) is 4.71. The lowest BCUT2D eigenvalue weighted by molar-refractivity contribution is 0.116. The second-order valence-corrected chi connectivity index (χ2v) is 7.12. The van der Waals surface area contributed by atoms with Crippen LogP contribution in [0.4, 0.5) is 0 Å². The van der Waals surface area contributed by atoms with Crippen LogP contribution in [-0.4, -0.2) is 44.3 Å². The van der Waals surface area contributed by atoms with Crippen LogP contribution in [0.1, 0.15) is 30.4 Å². The number of nitrogens with one attached hydrogen (secondary N) is 1. The maximum absolute atomic E-state index is 5.71. The van der Waals surface area contributed by atoms with Crippen LogP contribution in [0.2, 0.25) is 0 Å². The fourth-order valence-corrected chi connectivity index (χ4v) is 3.25. The molecule has 3 nitrogen and oxygen atoms in total. The van der Waals surface area contributed by atoms with Crippen molar-refractivity contribution in [3.05, 3.63) is 35.4 Å². The number of aryl methyl sites for hydroxylation is 1. The predicted octanol–water partition coefficient (Wildman–Crippen LogP) is 2.59. The molecule has 1 aliphatic carbocycles. The molecule has 1 N–H and O–H groups in total. The molecule has 1 aromatic carbocycles. The molecule has 1 saturated heterocycles. The summed E-state index contributed by atoms with van der Waals surface area (Å²) in [4.78, 5) is 2.45. The topological polar surface area (TPSA) is 24.5 Å². The minimum Gasteiger partial charge on any atom is -0.381 e. The standard InChI is InChI=1S/C18H28N2O/c1-15-3-5-16(6-4-15)11-20(2)13-18(9-10-21-14-18)12-19-17-7-8-17/h3-6,17,19H,7-14H2,1-2H3. The molecule has 2 fully saturated rings. The van der Waals surface area contributed by atoms with Crippen molar-refractivity contribution in [1.29, 1.82) is 0 Å². The van der Waals surface area contributed by atoms with Gasteiger partial charge in [-0.25, -0.2) is 0 Å². The van der Waals surface area contributed by atoms with Gasteiger partial charge in [-0.2, -0.15) is 0 Å². The summed E-state index contributed by atoms with van der Waals surface area (Å²) in [6.07, 6.45) is 3.90. The zero-order valence-electron chi connectivity index (χ0n) is 13.4. The lowest BCUT2D eigenvalue weighted by atomic mass is 9.86. The second kappa shape index (κ2) is 6.47. The smallest absolute Gasteiger partial charge is 0.0547 e. The van der Waals surface area contributed by atoms with Gasteiger partial charge in [0.25, 0.3) is 0 Å². The summed E-state index contributed by atoms with van der Waals surface area (Å²) >= 11 is 0. The van der Waals surface area contributed by atoms with E-state index >= 15 is 0 Å². The van der Waals surface area contributed by atoms with Crippen molar-refractivity contribution in [3.8, 4) is 0 Å². The molecule has 1 heterocycles. The molecule has 1 saturated carbocycles. The molecular formula is C18H28N2O. The average molecular weight is 288 g/mol. The van der Waals surface area contributed by atoms with Gasteiger partial charge in [0.1, 0.15) is 0 Å². The first-order valence-electron chi connectivity index (χ1n) is 8.20. The summed E-state index contributed by atoms with van der Waals surface area (Å²) in [6, 6.07) is 9.67. The molecule has 0 bridgehead atoms. The maximum Gasteiger partial charge on any atom is 0.0547 e. The Kier molecular flexibility index (Phi) is 4.63. The van der Waals surface area contributed by atoms with Crippen LogP contribution in [0.5, 0.6) is 0 Å². The minimum absolute atomic E-state index is 0.308. The molecule has 0 radical (unpaired) electrons. The van der Waals surface area contributed by atoms with Gasteiger partial charge < -0.3 is 15.0 Å². The summed E-state index contributed by atoms with van der Waals surface area (Å²) in [6.45, 7) is 7.21. The van der Waals surface area contributed by atoms with Crippen molar-refractivity contribution < 1.29 is 4.74 Å². The third-order valence-electron chi connectivity index (χ3n) is 4.71. The number of hydrogen-bond acceptors (Lipinski definition) is 3. The van der Waals surface area contributed by atoms with Crippen LogP contribution in [0.15, 0.2) is 24.3 Å². The first-order valence-corrected chi connectivity index (χ1v) is 8.20. The minimum atomic E-state index is 0.308. The summed E-state index contributed by atoms with van der Waals surface area (Å²) in [5.74, 6) is 0. The molecule has 1 unspecified atom stereocenters. The maximum atomic E-state index is 5.71. The van der Waals surface area contributed by atoms with Crippen molar-refractivity contribution in [3.63, 3.8) is 0 Å². The van der Waals surface area contributed by atoms with Gasteiger partial charge in [0.15, 0.2) is 0 Å². The number of benzene rings is 1. The SMILES string of the molecule is Cc1ccc(CN(C)CC2(CNC3CC3)CCOC2)cc1. The van der Waals surface area contributed by atoms with Gasteiger partial charge >= 0.3 is 0 Å². The fourth-order valence-electron chi connectivity index (χ4n) is 3.25. The van der Waals surface area contributed by atoms with E-state index in [1.807, 2.05) is 0 Å². The summed E-state index contributed by atoms with van der Waals surface area (Å²) in [7, 11) is 2.23. The Morgan fingerprint density at radius 2 is 2.05 bits per heavy atom. The molecule has 1 atom stereocenters. The van der Waals surface area contributed by atoms with Crippen LogP contribution >= 0.6 is 0 Å². The van der Waals surface area contributed by atoms with E-state index < -0.39 is 0 Å². The fraction of sp³-hybridized carbons (Fsp3) is 0.667. The molecule has 0 aromatic heterocycles. The summed E-state index contributed by atoms with van der Waals surface area (Å²) < 4.78 is 5.71. The Hall–Kier alpha value is -0.900. The lowest BCUT2D eigenvalue weighted by Crippen LogP contribution is -2.44. The van der Waals surface area contributed by atoms with E-state index in [2.05, 4.69) is 48.5 Å². The van der Waals surface area contributed by atoms with E-state index in [1.165, 1.54) is 30.4 Å². The second-order valence-electron chi connectivity index (χ2n) is 7.12. The molecule has 2 aliphatic rings. The van der Waals surface area contributed by atoms with Crippen LogP contribution in [0.3, 0.4) is 0 Å². The monoisotopic (exact) mass is 288 g/mol. The molecule has 1 aliphatic heterocycles. The lowest BCUT2D eigenvalue weighted by Gasteiger charge is -2.32. The zero-order chi connectivity index (χ0) is 14.7. The van der Waals surface area contributed by atoms with Crippen LogP contribution in [-0.2, 0) is 11.3 Å². The highest BCUT2D eigenvalue weighted by Crippen LogP contribution is 2.31. The van der Waals surface area contributed by atoms with Crippen LogP contribution < -0.4 is 5.32 Å². The van der Waals surface area contributed by atoms with E-state index in [-0.39, 0.29) is 0 Å². The average Bonchev–Trinajstić information content (AvgIpc) is 3.19. The number of nitrogens with zero attached hydrogens (tertiary/aromatic N) is 1. The van der Waals surface area contributed by atoms with E-state index in [1.54, 1.807) is 0 Å². The molecule has 0 spiro atoms. The molecule has 3 rings (SSSR count). The van der Waals surface area contributed by atoms with Gasteiger partial charge in [0.05, 0.1) is 6.61 Å². The Labute approximate surface area is 128 Å². The van der Waals surface area contributed by atoms with Gasteiger partial charge in [-0.15, -0.1) is 0 Å². The third kappa shape index (κ3) is 4.29. The highest BCUT2D eigenvalue weighted by molar-refractivity contribution is 5.21. The number of hydrogen-bond donors (Lipinski definition) is 1. The van der Waals surface area contributed by atoms with Gasteiger partial charge in [-0.05, 0) is 38.8 Å². The van der Waals surface area contributed by atoms with Crippen molar-refractivity contribution in [2.45, 2.75) is 38.8 Å². The van der Waals surface area contributed by atoms with Crippen molar-refractivity contribution >= 4 is 0 Å². The molecule has 0 amide bonds.